The predicted octanol–water partition coefficient (Wildman–Crippen LogP) is 13.2. The highest BCUT2D eigenvalue weighted by Gasteiger charge is 2.13. The van der Waals surface area contributed by atoms with E-state index in [9.17, 15) is 0 Å². The van der Waals surface area contributed by atoms with E-state index in [4.69, 9.17) is 4.98 Å². The molecule has 254 valence electrons. The Hall–Kier alpha value is -7.23. The number of benzene rings is 8. The van der Waals surface area contributed by atoms with Crippen molar-refractivity contribution in [1.29, 1.82) is 0 Å². The lowest BCUT2D eigenvalue weighted by Gasteiger charge is -2.13. The number of nitrogens with zero attached hydrogens (tertiary/aromatic N) is 3. The van der Waals surface area contributed by atoms with E-state index in [0.717, 1.165) is 33.4 Å². The second-order valence-corrected chi connectivity index (χ2v) is 13.4. The van der Waals surface area contributed by atoms with E-state index >= 15 is 0 Å². The van der Waals surface area contributed by atoms with Crippen LogP contribution >= 0.6 is 0 Å². The van der Waals surface area contributed by atoms with E-state index in [0.29, 0.717) is 11.6 Å². The third kappa shape index (κ3) is 6.99. The lowest BCUT2D eigenvalue weighted by atomic mass is 9.92. The molecule has 0 fully saturated rings. The summed E-state index contributed by atoms with van der Waals surface area (Å²) in [4.78, 5) is 14.3. The Kier molecular flexibility index (Phi) is 8.94. The van der Waals surface area contributed by atoms with Crippen LogP contribution in [0.1, 0.15) is 0 Å². The molecule has 0 saturated heterocycles. The molecule has 9 rings (SSSR count). The molecule has 3 heteroatoms. The van der Waals surface area contributed by atoms with Gasteiger partial charge in [0, 0.05) is 11.1 Å². The monoisotopic (exact) mass is 689 g/mol. The molecule has 0 radical (unpaired) electrons. The van der Waals surface area contributed by atoms with Crippen molar-refractivity contribution in [3.05, 3.63) is 213 Å². The largest absolute Gasteiger partial charge is 0.217 e. The maximum absolute atomic E-state index is 5.02. The molecule has 0 amide bonds. The summed E-state index contributed by atoms with van der Waals surface area (Å²) in [5.41, 5.74) is 15.7. The van der Waals surface area contributed by atoms with Crippen molar-refractivity contribution in [1.82, 2.24) is 15.0 Å². The molecule has 0 aliphatic rings. The molecule has 0 N–H and O–H groups in total. The molecule has 0 bridgehead atoms. The van der Waals surface area contributed by atoms with Crippen LogP contribution < -0.4 is 0 Å². The summed E-state index contributed by atoms with van der Waals surface area (Å²) >= 11 is 0. The molecule has 3 nitrogen and oxygen atoms in total. The summed E-state index contributed by atoms with van der Waals surface area (Å²) in [6, 6.07) is 72.7. The van der Waals surface area contributed by atoms with Gasteiger partial charge in [-0.05, 0) is 115 Å². The van der Waals surface area contributed by atoms with Crippen molar-refractivity contribution in [2.24, 2.45) is 0 Å². The molecule has 0 aliphatic heterocycles. The van der Waals surface area contributed by atoms with Crippen molar-refractivity contribution < 1.29 is 0 Å². The first-order chi connectivity index (χ1) is 26.7. The molecule has 0 aliphatic carbocycles. The maximum Gasteiger partial charge on any atom is 0.163 e. The van der Waals surface area contributed by atoms with Crippen LogP contribution in [0.3, 0.4) is 0 Å². The average molecular weight is 690 g/mol. The van der Waals surface area contributed by atoms with Crippen LogP contribution in [-0.2, 0) is 0 Å². The zero-order valence-electron chi connectivity index (χ0n) is 29.5. The molecule has 1 heterocycles. The Bertz CT molecular complexity index is 2390. The summed E-state index contributed by atoms with van der Waals surface area (Å²) in [5.74, 6) is 1.26. The van der Waals surface area contributed by atoms with Crippen LogP contribution in [0, 0.1) is 0 Å². The van der Waals surface area contributed by atoms with Crippen molar-refractivity contribution in [2.75, 3.05) is 0 Å². The molecule has 1 aromatic heterocycles. The van der Waals surface area contributed by atoms with E-state index in [1.807, 2.05) is 0 Å². The molecular formula is C51H35N3. The van der Waals surface area contributed by atoms with Crippen LogP contribution in [-0.4, -0.2) is 15.0 Å². The zero-order valence-corrected chi connectivity index (χ0v) is 29.5. The van der Waals surface area contributed by atoms with E-state index in [1.54, 1.807) is 6.33 Å². The highest BCUT2D eigenvalue weighted by Crippen LogP contribution is 2.36. The fourth-order valence-corrected chi connectivity index (χ4v) is 7.03. The van der Waals surface area contributed by atoms with Gasteiger partial charge < -0.3 is 0 Å². The molecule has 0 spiro atoms. The molecule has 8 aromatic carbocycles. The van der Waals surface area contributed by atoms with Gasteiger partial charge in [-0.25, -0.2) is 15.0 Å². The Balaban J connectivity index is 1.08. The first-order valence-corrected chi connectivity index (χ1v) is 18.2. The Labute approximate surface area is 316 Å². The quantitative estimate of drug-likeness (QED) is 0.159. The SMILES string of the molecule is c1ccc(-c2cc(-c3ccccc3)cc(-c3cccc(-c4ncnc(-c5cccc(-c6cc(-c7ccccc7)cc(-c7ccccc7)c6)c5)n4)c3)c2)cc1. The Morgan fingerprint density at radius 3 is 0.759 bits per heavy atom. The van der Waals surface area contributed by atoms with Crippen molar-refractivity contribution >= 4 is 0 Å². The second kappa shape index (κ2) is 14.8. The van der Waals surface area contributed by atoms with Gasteiger partial charge in [0.15, 0.2) is 11.6 Å². The third-order valence-corrected chi connectivity index (χ3v) is 9.77. The van der Waals surface area contributed by atoms with Gasteiger partial charge in [0.25, 0.3) is 0 Å². The summed E-state index contributed by atoms with van der Waals surface area (Å²) in [6.07, 6.45) is 1.62. The first-order valence-electron chi connectivity index (χ1n) is 18.2. The topological polar surface area (TPSA) is 38.7 Å². The van der Waals surface area contributed by atoms with E-state index in [1.165, 1.54) is 44.5 Å². The van der Waals surface area contributed by atoms with Crippen molar-refractivity contribution in [3.63, 3.8) is 0 Å². The van der Waals surface area contributed by atoms with Crippen molar-refractivity contribution in [2.45, 2.75) is 0 Å². The number of rotatable bonds is 8. The molecule has 9 aromatic rings. The van der Waals surface area contributed by atoms with Crippen LogP contribution in [0.15, 0.2) is 213 Å². The van der Waals surface area contributed by atoms with Gasteiger partial charge in [-0.2, -0.15) is 0 Å². The minimum atomic E-state index is 0.632. The number of hydrogen-bond donors (Lipinski definition) is 0. The lowest BCUT2D eigenvalue weighted by Crippen LogP contribution is -1.96. The first kappa shape index (κ1) is 32.7. The summed E-state index contributed by atoms with van der Waals surface area (Å²) in [6.45, 7) is 0. The summed E-state index contributed by atoms with van der Waals surface area (Å²) < 4.78 is 0. The molecule has 0 atom stereocenters. The summed E-state index contributed by atoms with van der Waals surface area (Å²) in [7, 11) is 0. The zero-order chi connectivity index (χ0) is 36.1. The van der Waals surface area contributed by atoms with Crippen LogP contribution in [0.5, 0.6) is 0 Å². The molecular weight excluding hydrogens is 655 g/mol. The van der Waals surface area contributed by atoms with Crippen LogP contribution in [0.2, 0.25) is 0 Å². The van der Waals surface area contributed by atoms with Gasteiger partial charge in [0.2, 0.25) is 0 Å². The van der Waals surface area contributed by atoms with Gasteiger partial charge in [0.1, 0.15) is 6.33 Å². The van der Waals surface area contributed by atoms with Crippen LogP contribution in [0.25, 0.3) is 89.5 Å². The Morgan fingerprint density at radius 2 is 0.444 bits per heavy atom. The maximum atomic E-state index is 5.02. The third-order valence-electron chi connectivity index (χ3n) is 9.77. The normalized spacial score (nSPS) is 11.0. The summed E-state index contributed by atoms with van der Waals surface area (Å²) in [5, 5.41) is 0. The number of hydrogen-bond acceptors (Lipinski definition) is 3. The van der Waals surface area contributed by atoms with Crippen molar-refractivity contribution in [3.8, 4) is 89.5 Å². The van der Waals surface area contributed by atoms with E-state index in [-0.39, 0.29) is 0 Å². The second-order valence-electron chi connectivity index (χ2n) is 13.4. The van der Waals surface area contributed by atoms with E-state index in [2.05, 4.69) is 216 Å². The highest BCUT2D eigenvalue weighted by molar-refractivity contribution is 5.84. The van der Waals surface area contributed by atoms with Crippen LogP contribution in [0.4, 0.5) is 0 Å². The van der Waals surface area contributed by atoms with Gasteiger partial charge in [-0.15, -0.1) is 0 Å². The fraction of sp³-hybridized carbons (Fsp3) is 0. The smallest absolute Gasteiger partial charge is 0.163 e. The Morgan fingerprint density at radius 1 is 0.204 bits per heavy atom. The van der Waals surface area contributed by atoms with Gasteiger partial charge >= 0.3 is 0 Å². The minimum Gasteiger partial charge on any atom is -0.217 e. The molecule has 54 heavy (non-hydrogen) atoms. The highest BCUT2D eigenvalue weighted by atomic mass is 15.0. The number of aromatic nitrogens is 3. The molecule has 0 unspecified atom stereocenters. The standard InChI is InChI=1S/C51H35N3/c1-5-15-36(16-6-1)44-29-45(37-17-7-2-8-18-37)32-48(31-44)40-23-13-25-42(27-40)50-52-35-53-51(54-50)43-26-14-24-41(28-43)49-33-46(38-19-9-3-10-20-38)30-47(34-49)39-21-11-4-12-22-39/h1-35H. The predicted molar refractivity (Wildman–Crippen MR) is 223 cm³/mol. The van der Waals surface area contributed by atoms with Gasteiger partial charge in [0.05, 0.1) is 0 Å². The average Bonchev–Trinajstić information content (AvgIpc) is 3.27. The lowest BCUT2D eigenvalue weighted by molar-refractivity contribution is 1.07. The van der Waals surface area contributed by atoms with Gasteiger partial charge in [-0.3, -0.25) is 0 Å². The molecule has 0 saturated carbocycles. The van der Waals surface area contributed by atoms with E-state index < -0.39 is 0 Å². The van der Waals surface area contributed by atoms with Gasteiger partial charge in [-0.1, -0.05) is 158 Å². The fourth-order valence-electron chi connectivity index (χ4n) is 7.03. The minimum absolute atomic E-state index is 0.632.